The van der Waals surface area contributed by atoms with Gasteiger partial charge in [-0.25, -0.2) is 4.79 Å². The van der Waals surface area contributed by atoms with Gasteiger partial charge in [-0.1, -0.05) is 12.1 Å². The average Bonchev–Trinajstić information content (AvgIpc) is 2.82. The molecule has 1 aromatic heterocycles. The fourth-order valence-electron chi connectivity index (χ4n) is 5.45. The second-order valence-electron chi connectivity index (χ2n) is 8.96. The largest absolute Gasteiger partial charge is 0.495 e. The summed E-state index contributed by atoms with van der Waals surface area (Å²) in [5.74, 6) is 1.38. The summed E-state index contributed by atoms with van der Waals surface area (Å²) in [6, 6.07) is 11.0. The first-order valence-corrected chi connectivity index (χ1v) is 11.4. The SMILES string of the molecule is COc1ccccc1NC(=O)Nc1ccc2n(c1=O)C[C@@H]1C[C@@H]2CN(C2CCOCC2)C1. The number of urea groups is 1. The number of nitrogens with one attached hydrogen (secondary N) is 2. The van der Waals surface area contributed by atoms with Gasteiger partial charge < -0.3 is 24.7 Å². The van der Waals surface area contributed by atoms with Crippen LogP contribution in [-0.4, -0.2) is 55.0 Å². The van der Waals surface area contributed by atoms with Crippen LogP contribution in [0.3, 0.4) is 0 Å². The van der Waals surface area contributed by atoms with E-state index in [0.29, 0.717) is 41.5 Å². The molecule has 4 heterocycles. The number of para-hydroxylation sites is 2. The van der Waals surface area contributed by atoms with Crippen LogP contribution in [0.15, 0.2) is 41.2 Å². The topological polar surface area (TPSA) is 84.8 Å². The average molecular weight is 439 g/mol. The van der Waals surface area contributed by atoms with Crippen molar-refractivity contribution in [2.75, 3.05) is 44.0 Å². The number of piperidine rings is 1. The van der Waals surface area contributed by atoms with Gasteiger partial charge in [0.05, 0.1) is 12.8 Å². The summed E-state index contributed by atoms with van der Waals surface area (Å²) >= 11 is 0. The summed E-state index contributed by atoms with van der Waals surface area (Å²) in [6.45, 7) is 4.41. The van der Waals surface area contributed by atoms with Crippen molar-refractivity contribution in [3.63, 3.8) is 0 Å². The zero-order chi connectivity index (χ0) is 22.1. The maximum absolute atomic E-state index is 13.2. The van der Waals surface area contributed by atoms with Crippen molar-refractivity contribution in [2.45, 2.75) is 37.8 Å². The van der Waals surface area contributed by atoms with Gasteiger partial charge in [-0.15, -0.1) is 0 Å². The Balaban J connectivity index is 1.31. The first kappa shape index (κ1) is 21.0. The molecule has 0 aliphatic carbocycles. The minimum absolute atomic E-state index is 0.133. The predicted octanol–water partition coefficient (Wildman–Crippen LogP) is 3.10. The van der Waals surface area contributed by atoms with Crippen LogP contribution in [0.4, 0.5) is 16.2 Å². The number of rotatable bonds is 4. The Kier molecular flexibility index (Phi) is 5.89. The molecular formula is C24H30N4O4. The molecule has 3 aliphatic rings. The van der Waals surface area contributed by atoms with Crippen LogP contribution >= 0.6 is 0 Å². The summed E-state index contributed by atoms with van der Waals surface area (Å²) in [5, 5.41) is 5.48. The van der Waals surface area contributed by atoms with Crippen molar-refractivity contribution in [3.05, 3.63) is 52.4 Å². The van der Waals surface area contributed by atoms with E-state index < -0.39 is 6.03 Å². The molecule has 0 saturated carbocycles. The molecule has 0 unspecified atom stereocenters. The van der Waals surface area contributed by atoms with Gasteiger partial charge in [0.2, 0.25) is 0 Å². The van der Waals surface area contributed by atoms with Crippen LogP contribution in [0.5, 0.6) is 5.75 Å². The number of amides is 2. The molecule has 2 amide bonds. The van der Waals surface area contributed by atoms with Crippen LogP contribution < -0.4 is 20.9 Å². The number of benzene rings is 1. The first-order chi connectivity index (χ1) is 15.6. The number of methoxy groups -OCH3 is 1. The number of likely N-dealkylation sites (tertiary alicyclic amines) is 1. The fraction of sp³-hybridized carbons (Fsp3) is 0.500. The second kappa shape index (κ2) is 8.96. The molecule has 32 heavy (non-hydrogen) atoms. The molecule has 3 aliphatic heterocycles. The molecular weight excluding hydrogens is 408 g/mol. The number of anilines is 2. The maximum atomic E-state index is 13.2. The van der Waals surface area contributed by atoms with E-state index in [2.05, 4.69) is 15.5 Å². The second-order valence-corrected chi connectivity index (χ2v) is 8.96. The van der Waals surface area contributed by atoms with E-state index in [1.807, 2.05) is 22.8 Å². The van der Waals surface area contributed by atoms with Gasteiger partial charge in [-0.3, -0.25) is 9.69 Å². The van der Waals surface area contributed by atoms with E-state index in [1.165, 1.54) is 0 Å². The van der Waals surface area contributed by atoms with Gasteiger partial charge in [0.25, 0.3) is 5.56 Å². The van der Waals surface area contributed by atoms with E-state index >= 15 is 0 Å². The highest BCUT2D eigenvalue weighted by Crippen LogP contribution is 2.37. The van der Waals surface area contributed by atoms with Crippen molar-refractivity contribution in [1.82, 2.24) is 9.47 Å². The zero-order valence-corrected chi connectivity index (χ0v) is 18.4. The number of pyridine rings is 1. The predicted molar refractivity (Wildman–Crippen MR) is 123 cm³/mol. The molecule has 0 radical (unpaired) electrons. The summed E-state index contributed by atoms with van der Waals surface area (Å²) < 4.78 is 12.7. The van der Waals surface area contributed by atoms with Gasteiger partial charge in [-0.2, -0.15) is 0 Å². The third-order valence-corrected chi connectivity index (χ3v) is 6.94. The Morgan fingerprint density at radius 1 is 1.03 bits per heavy atom. The highest BCUT2D eigenvalue weighted by molar-refractivity contribution is 6.00. The lowest BCUT2D eigenvalue weighted by molar-refractivity contribution is 0.00589. The Bertz CT molecular complexity index is 1050. The number of ether oxygens (including phenoxy) is 2. The molecule has 2 bridgehead atoms. The lowest BCUT2D eigenvalue weighted by Gasteiger charge is -2.46. The van der Waals surface area contributed by atoms with E-state index in [9.17, 15) is 9.59 Å². The van der Waals surface area contributed by atoms with Crippen molar-refractivity contribution in [1.29, 1.82) is 0 Å². The molecule has 8 nitrogen and oxygen atoms in total. The number of fused-ring (bicyclic) bond motifs is 4. The Labute approximate surface area is 187 Å². The molecule has 2 atom stereocenters. The van der Waals surface area contributed by atoms with Crippen molar-refractivity contribution >= 4 is 17.4 Å². The summed E-state index contributed by atoms with van der Waals surface area (Å²) in [6.07, 6.45) is 3.31. The van der Waals surface area contributed by atoms with Crippen molar-refractivity contribution in [3.8, 4) is 5.75 Å². The highest BCUT2D eigenvalue weighted by Gasteiger charge is 2.37. The van der Waals surface area contributed by atoms with Gasteiger partial charge >= 0.3 is 6.03 Å². The summed E-state index contributed by atoms with van der Waals surface area (Å²) in [5.41, 5.74) is 1.79. The van der Waals surface area contributed by atoms with Gasteiger partial charge in [-0.05, 0) is 49.4 Å². The number of hydrogen-bond donors (Lipinski definition) is 2. The Hall–Kier alpha value is -2.84. The van der Waals surface area contributed by atoms with Gasteiger partial charge in [0.1, 0.15) is 11.4 Å². The molecule has 1 aromatic carbocycles. The van der Waals surface area contributed by atoms with E-state index in [-0.39, 0.29) is 5.56 Å². The molecule has 2 saturated heterocycles. The summed E-state index contributed by atoms with van der Waals surface area (Å²) in [4.78, 5) is 28.4. The standard InChI is InChI=1S/C24H30N4O4/c1-31-22-5-3-2-4-19(22)25-24(30)26-20-6-7-21-17-12-16(14-28(21)23(20)29)13-27(15-17)18-8-10-32-11-9-18/h2-7,16-18H,8-15H2,1H3,(H2,25,26,30)/t16-,17-/m1/s1. The third-order valence-electron chi connectivity index (χ3n) is 6.94. The number of aromatic nitrogens is 1. The summed E-state index contributed by atoms with van der Waals surface area (Å²) in [7, 11) is 1.55. The fourth-order valence-corrected chi connectivity index (χ4v) is 5.45. The smallest absolute Gasteiger partial charge is 0.323 e. The first-order valence-electron chi connectivity index (χ1n) is 11.4. The number of carbonyl (C=O) groups is 1. The normalized spacial score (nSPS) is 23.3. The number of nitrogens with zero attached hydrogens (tertiary/aromatic N) is 2. The lowest BCUT2D eigenvalue weighted by atomic mass is 9.82. The third kappa shape index (κ3) is 4.12. The molecule has 5 rings (SSSR count). The van der Waals surface area contributed by atoms with Gasteiger partial charge in [0.15, 0.2) is 0 Å². The van der Waals surface area contributed by atoms with Gasteiger partial charge in [0, 0.05) is 50.5 Å². The molecule has 8 heteroatoms. The van der Waals surface area contributed by atoms with E-state index in [4.69, 9.17) is 9.47 Å². The molecule has 0 spiro atoms. The quantitative estimate of drug-likeness (QED) is 0.766. The van der Waals surface area contributed by atoms with Crippen LogP contribution in [0.25, 0.3) is 0 Å². The maximum Gasteiger partial charge on any atom is 0.323 e. The minimum atomic E-state index is -0.464. The number of carbonyl (C=O) groups excluding carboxylic acids is 1. The molecule has 2 fully saturated rings. The minimum Gasteiger partial charge on any atom is -0.495 e. The van der Waals surface area contributed by atoms with Crippen LogP contribution in [-0.2, 0) is 11.3 Å². The Morgan fingerprint density at radius 3 is 2.62 bits per heavy atom. The number of hydrogen-bond acceptors (Lipinski definition) is 5. The van der Waals surface area contributed by atoms with Crippen LogP contribution in [0.2, 0.25) is 0 Å². The van der Waals surface area contributed by atoms with Crippen molar-refractivity contribution in [2.24, 2.45) is 5.92 Å². The van der Waals surface area contributed by atoms with E-state index in [0.717, 1.165) is 51.3 Å². The Morgan fingerprint density at radius 2 is 1.81 bits per heavy atom. The van der Waals surface area contributed by atoms with E-state index in [1.54, 1.807) is 25.3 Å². The van der Waals surface area contributed by atoms with Crippen molar-refractivity contribution < 1.29 is 14.3 Å². The monoisotopic (exact) mass is 438 g/mol. The lowest BCUT2D eigenvalue weighted by Crippen LogP contribution is -2.51. The van der Waals surface area contributed by atoms with Crippen LogP contribution in [0.1, 0.15) is 30.9 Å². The molecule has 2 N–H and O–H groups in total. The molecule has 2 aromatic rings. The highest BCUT2D eigenvalue weighted by atomic mass is 16.5. The molecule has 170 valence electrons. The zero-order valence-electron chi connectivity index (χ0n) is 18.4. The van der Waals surface area contributed by atoms with Crippen LogP contribution in [0, 0.1) is 5.92 Å².